The van der Waals surface area contributed by atoms with Crippen molar-refractivity contribution in [2.45, 2.75) is 37.6 Å². The number of hydrogen-bond donors (Lipinski definition) is 0. The van der Waals surface area contributed by atoms with Crippen LogP contribution in [-0.2, 0) is 13.5 Å². The minimum atomic E-state index is -0.242. The van der Waals surface area contributed by atoms with Crippen LogP contribution in [0.25, 0.3) is 11.4 Å². The Morgan fingerprint density at radius 3 is 2.56 bits per heavy atom. The zero-order chi connectivity index (χ0) is 18.0. The number of Topliss-reactive ketones (excluding diaryl/α,β-unsaturated/α-hetero) is 1. The average molecular weight is 355 g/mol. The topological polar surface area (TPSA) is 60.9 Å². The van der Waals surface area contributed by atoms with E-state index >= 15 is 0 Å². The number of benzene rings is 1. The Bertz CT molecular complexity index is 880. The van der Waals surface area contributed by atoms with Gasteiger partial charge in [0.15, 0.2) is 16.8 Å². The maximum atomic E-state index is 12.7. The third-order valence-electron chi connectivity index (χ3n) is 4.23. The molecule has 25 heavy (non-hydrogen) atoms. The summed E-state index contributed by atoms with van der Waals surface area (Å²) in [4.78, 5) is 12.7. The molecule has 0 aliphatic heterocycles. The molecule has 0 saturated carbocycles. The summed E-state index contributed by atoms with van der Waals surface area (Å²) in [7, 11) is 1.90. The molecule has 130 valence electrons. The molecule has 3 rings (SSSR count). The fourth-order valence-electron chi connectivity index (χ4n) is 2.62. The number of furan rings is 1. The van der Waals surface area contributed by atoms with Crippen LogP contribution in [0.4, 0.5) is 0 Å². The number of hydrogen-bond acceptors (Lipinski definition) is 5. The van der Waals surface area contributed by atoms with Crippen molar-refractivity contribution in [2.24, 2.45) is 7.05 Å². The lowest BCUT2D eigenvalue weighted by Gasteiger charge is -2.10. The van der Waals surface area contributed by atoms with Crippen LogP contribution in [0.2, 0.25) is 0 Å². The molecule has 0 spiro atoms. The maximum absolute atomic E-state index is 12.7. The second-order valence-corrected chi connectivity index (χ2v) is 7.24. The highest BCUT2D eigenvalue weighted by molar-refractivity contribution is 8.00. The van der Waals surface area contributed by atoms with Crippen molar-refractivity contribution in [2.75, 3.05) is 0 Å². The lowest BCUT2D eigenvalue weighted by molar-refractivity contribution is 0.0994. The van der Waals surface area contributed by atoms with Gasteiger partial charge in [0.1, 0.15) is 5.76 Å². The van der Waals surface area contributed by atoms with E-state index in [2.05, 4.69) is 17.1 Å². The van der Waals surface area contributed by atoms with Gasteiger partial charge in [0, 0.05) is 12.6 Å². The van der Waals surface area contributed by atoms with Gasteiger partial charge in [-0.2, -0.15) is 0 Å². The van der Waals surface area contributed by atoms with Crippen molar-refractivity contribution < 1.29 is 9.21 Å². The number of ketones is 1. The van der Waals surface area contributed by atoms with Crippen LogP contribution in [0.5, 0.6) is 0 Å². The van der Waals surface area contributed by atoms with Crippen LogP contribution in [0, 0.1) is 6.92 Å². The molecule has 2 aromatic heterocycles. The van der Waals surface area contributed by atoms with Crippen LogP contribution >= 0.6 is 11.8 Å². The molecule has 3 aromatic rings. The highest BCUT2D eigenvalue weighted by Crippen LogP contribution is 2.29. The van der Waals surface area contributed by atoms with Crippen molar-refractivity contribution in [3.8, 4) is 11.4 Å². The van der Waals surface area contributed by atoms with Gasteiger partial charge in [-0.05, 0) is 31.9 Å². The predicted molar refractivity (Wildman–Crippen MR) is 98.9 cm³/mol. The maximum Gasteiger partial charge on any atom is 0.191 e. The SMILES string of the molecule is CCc1ccc(C(=O)C(C)Sc2nnc(-c3ccoc3C)n2C)cc1. The first kappa shape index (κ1) is 17.5. The van der Waals surface area contributed by atoms with E-state index in [9.17, 15) is 4.79 Å². The summed E-state index contributed by atoms with van der Waals surface area (Å²) in [6.45, 7) is 5.89. The summed E-state index contributed by atoms with van der Waals surface area (Å²) in [5, 5.41) is 8.95. The number of thioether (sulfide) groups is 1. The summed E-state index contributed by atoms with van der Waals surface area (Å²) < 4.78 is 7.23. The van der Waals surface area contributed by atoms with E-state index in [1.807, 2.05) is 55.8 Å². The Labute approximate surface area is 151 Å². The zero-order valence-corrected chi connectivity index (χ0v) is 15.6. The van der Waals surface area contributed by atoms with E-state index in [1.54, 1.807) is 6.26 Å². The normalized spacial score (nSPS) is 12.3. The third kappa shape index (κ3) is 3.54. The lowest BCUT2D eigenvalue weighted by atomic mass is 10.1. The lowest BCUT2D eigenvalue weighted by Crippen LogP contribution is -2.14. The highest BCUT2D eigenvalue weighted by atomic mass is 32.2. The minimum Gasteiger partial charge on any atom is -0.469 e. The van der Waals surface area contributed by atoms with Gasteiger partial charge in [-0.25, -0.2) is 0 Å². The van der Waals surface area contributed by atoms with Gasteiger partial charge in [-0.3, -0.25) is 4.79 Å². The summed E-state index contributed by atoms with van der Waals surface area (Å²) in [6.07, 6.45) is 2.60. The second kappa shape index (κ2) is 7.27. The first-order valence-corrected chi connectivity index (χ1v) is 9.13. The molecule has 0 aliphatic rings. The molecule has 0 fully saturated rings. The Morgan fingerprint density at radius 2 is 1.96 bits per heavy atom. The van der Waals surface area contributed by atoms with Gasteiger partial charge in [-0.15, -0.1) is 10.2 Å². The number of carbonyl (C=O) groups is 1. The monoisotopic (exact) mass is 355 g/mol. The summed E-state index contributed by atoms with van der Waals surface area (Å²) in [6, 6.07) is 9.68. The highest BCUT2D eigenvalue weighted by Gasteiger charge is 2.21. The molecular weight excluding hydrogens is 334 g/mol. The van der Waals surface area contributed by atoms with E-state index in [4.69, 9.17) is 4.42 Å². The summed E-state index contributed by atoms with van der Waals surface area (Å²) in [5.74, 6) is 1.63. The molecule has 0 N–H and O–H groups in total. The Hall–Kier alpha value is -2.34. The number of aryl methyl sites for hydroxylation is 2. The van der Waals surface area contributed by atoms with Gasteiger partial charge in [-0.1, -0.05) is 43.0 Å². The molecule has 0 aliphatic carbocycles. The fourth-order valence-corrected chi connectivity index (χ4v) is 3.51. The Balaban J connectivity index is 1.76. The third-order valence-corrected chi connectivity index (χ3v) is 5.37. The first-order valence-electron chi connectivity index (χ1n) is 8.25. The van der Waals surface area contributed by atoms with Gasteiger partial charge in [0.25, 0.3) is 0 Å². The van der Waals surface area contributed by atoms with Crippen LogP contribution in [0.15, 0.2) is 46.2 Å². The van der Waals surface area contributed by atoms with E-state index < -0.39 is 0 Å². The van der Waals surface area contributed by atoms with Gasteiger partial charge < -0.3 is 8.98 Å². The number of nitrogens with zero attached hydrogens (tertiary/aromatic N) is 3. The number of rotatable bonds is 6. The van der Waals surface area contributed by atoms with Crippen molar-refractivity contribution in [1.82, 2.24) is 14.8 Å². The van der Waals surface area contributed by atoms with E-state index in [-0.39, 0.29) is 11.0 Å². The van der Waals surface area contributed by atoms with Gasteiger partial charge >= 0.3 is 0 Å². The number of carbonyl (C=O) groups excluding carboxylic acids is 1. The zero-order valence-electron chi connectivity index (χ0n) is 14.8. The van der Waals surface area contributed by atoms with Crippen LogP contribution in [-0.4, -0.2) is 25.8 Å². The predicted octanol–water partition coefficient (Wildman–Crippen LogP) is 4.31. The smallest absolute Gasteiger partial charge is 0.191 e. The van der Waals surface area contributed by atoms with Crippen molar-refractivity contribution in [3.63, 3.8) is 0 Å². The van der Waals surface area contributed by atoms with Gasteiger partial charge in [0.05, 0.1) is 17.1 Å². The van der Waals surface area contributed by atoms with Crippen molar-refractivity contribution >= 4 is 17.5 Å². The van der Waals surface area contributed by atoms with Crippen molar-refractivity contribution in [1.29, 1.82) is 0 Å². The molecule has 0 bridgehead atoms. The number of aromatic nitrogens is 3. The standard InChI is InChI=1S/C19H21N3O2S/c1-5-14-6-8-15(9-7-14)17(23)13(3)25-19-21-20-18(22(19)4)16-10-11-24-12(16)2/h6-11,13H,5H2,1-4H3. The molecule has 1 aromatic carbocycles. The Morgan fingerprint density at radius 1 is 1.24 bits per heavy atom. The van der Waals surface area contributed by atoms with E-state index in [1.165, 1.54) is 17.3 Å². The van der Waals surface area contributed by atoms with E-state index in [0.29, 0.717) is 5.16 Å². The molecule has 1 atom stereocenters. The summed E-state index contributed by atoms with van der Waals surface area (Å²) >= 11 is 1.42. The molecule has 2 heterocycles. The second-order valence-electron chi connectivity index (χ2n) is 5.93. The average Bonchev–Trinajstić information content (AvgIpc) is 3.20. The molecule has 1 unspecified atom stereocenters. The van der Waals surface area contributed by atoms with E-state index in [0.717, 1.165) is 29.1 Å². The van der Waals surface area contributed by atoms with Crippen molar-refractivity contribution in [3.05, 3.63) is 53.5 Å². The largest absolute Gasteiger partial charge is 0.469 e. The van der Waals surface area contributed by atoms with Crippen LogP contribution < -0.4 is 0 Å². The van der Waals surface area contributed by atoms with Crippen LogP contribution in [0.1, 0.15) is 35.5 Å². The molecule has 5 nitrogen and oxygen atoms in total. The molecule has 0 radical (unpaired) electrons. The fraction of sp³-hybridized carbons (Fsp3) is 0.316. The minimum absolute atomic E-state index is 0.0942. The summed E-state index contributed by atoms with van der Waals surface area (Å²) in [5.41, 5.74) is 2.87. The van der Waals surface area contributed by atoms with Crippen LogP contribution in [0.3, 0.4) is 0 Å². The molecule has 6 heteroatoms. The quantitative estimate of drug-likeness (QED) is 0.487. The molecule has 0 saturated heterocycles. The Kier molecular flexibility index (Phi) is 5.08. The first-order chi connectivity index (χ1) is 12.0. The van der Waals surface area contributed by atoms with Gasteiger partial charge in [0.2, 0.25) is 0 Å². The molecular formula is C19H21N3O2S. The molecule has 0 amide bonds.